The second kappa shape index (κ2) is 10.2. The molecule has 5 heterocycles. The second-order valence-electron chi connectivity index (χ2n) is 9.89. The molecule has 1 fully saturated rings. The van der Waals surface area contributed by atoms with E-state index in [1.807, 2.05) is 5.38 Å². The lowest BCUT2D eigenvalue weighted by Gasteiger charge is -2.22. The fourth-order valence-corrected chi connectivity index (χ4v) is 5.97. The van der Waals surface area contributed by atoms with Crippen LogP contribution in [0.4, 0.5) is 11.6 Å². The Balaban J connectivity index is 1.27. The molecule has 13 heteroatoms. The molecule has 1 saturated carbocycles. The molecule has 1 aliphatic carbocycles. The summed E-state index contributed by atoms with van der Waals surface area (Å²) >= 11 is 1.36. The van der Waals surface area contributed by atoms with Crippen LogP contribution in [0.3, 0.4) is 0 Å². The Morgan fingerprint density at radius 1 is 1.05 bits per heavy atom. The maximum Gasteiger partial charge on any atom is 0.269 e. The van der Waals surface area contributed by atoms with Gasteiger partial charge in [0.2, 0.25) is 11.9 Å². The quantitative estimate of drug-likeness (QED) is 0.296. The third kappa shape index (κ3) is 4.48. The molecule has 0 bridgehead atoms. The van der Waals surface area contributed by atoms with Crippen LogP contribution in [0.25, 0.3) is 27.6 Å². The number of fused-ring (bicyclic) bond motifs is 1. The van der Waals surface area contributed by atoms with E-state index >= 15 is 0 Å². The van der Waals surface area contributed by atoms with Gasteiger partial charge in [0, 0.05) is 48.3 Å². The summed E-state index contributed by atoms with van der Waals surface area (Å²) in [7, 11) is 1.78. The molecule has 202 valence electrons. The van der Waals surface area contributed by atoms with Crippen LogP contribution in [0.1, 0.15) is 43.6 Å². The minimum atomic E-state index is -0.295. The van der Waals surface area contributed by atoms with Crippen LogP contribution >= 0.6 is 11.3 Å². The molecule has 3 N–H and O–H groups in total. The number of anilines is 2. The van der Waals surface area contributed by atoms with Gasteiger partial charge in [-0.15, -0.1) is 21.6 Å². The Bertz CT molecular complexity index is 1750. The van der Waals surface area contributed by atoms with Gasteiger partial charge in [0.05, 0.1) is 5.56 Å². The molecule has 40 heavy (non-hydrogen) atoms. The molecule has 12 nitrogen and oxygen atoms in total. The molecular weight excluding hydrogens is 526 g/mol. The summed E-state index contributed by atoms with van der Waals surface area (Å²) < 4.78 is 3.22. The lowest BCUT2D eigenvalue weighted by atomic mass is 9.84. The van der Waals surface area contributed by atoms with Gasteiger partial charge in [-0.1, -0.05) is 31.4 Å². The molecule has 0 spiro atoms. The van der Waals surface area contributed by atoms with Gasteiger partial charge in [-0.2, -0.15) is 4.98 Å². The number of benzene rings is 1. The van der Waals surface area contributed by atoms with Crippen LogP contribution < -0.4 is 21.8 Å². The van der Waals surface area contributed by atoms with Crippen LogP contribution in [0.2, 0.25) is 0 Å². The second-order valence-corrected chi connectivity index (χ2v) is 10.8. The summed E-state index contributed by atoms with van der Waals surface area (Å²) in [6.45, 7) is 0. The number of pyridine rings is 1. The molecular formula is C27H27N11OS. The highest BCUT2D eigenvalue weighted by molar-refractivity contribution is 7.12. The van der Waals surface area contributed by atoms with Gasteiger partial charge in [0.25, 0.3) is 5.56 Å². The summed E-state index contributed by atoms with van der Waals surface area (Å²) in [6.07, 6.45) is 13.2. The molecule has 4 aromatic heterocycles. The number of hydrazone groups is 1. The molecule has 1 aliphatic heterocycles. The summed E-state index contributed by atoms with van der Waals surface area (Å²) in [6, 6.07) is 10.3. The fraction of sp³-hybridized carbons (Fsp3) is 0.259. The molecule has 0 unspecified atom stereocenters. The van der Waals surface area contributed by atoms with Gasteiger partial charge < -0.3 is 5.32 Å². The Labute approximate surface area is 233 Å². The van der Waals surface area contributed by atoms with E-state index in [9.17, 15) is 4.79 Å². The van der Waals surface area contributed by atoms with Gasteiger partial charge >= 0.3 is 0 Å². The first-order valence-electron chi connectivity index (χ1n) is 13.2. The van der Waals surface area contributed by atoms with Gasteiger partial charge in [-0.05, 0) is 42.5 Å². The number of hydrogen-bond acceptors (Lipinski definition) is 11. The highest BCUT2D eigenvalue weighted by Crippen LogP contribution is 2.33. The Morgan fingerprint density at radius 2 is 1.90 bits per heavy atom. The summed E-state index contributed by atoms with van der Waals surface area (Å²) in [5.41, 5.74) is 8.67. The van der Waals surface area contributed by atoms with Crippen LogP contribution in [-0.2, 0) is 0 Å². The predicted octanol–water partition coefficient (Wildman–Crippen LogP) is 3.97. The molecule has 1 aromatic carbocycles. The summed E-state index contributed by atoms with van der Waals surface area (Å²) in [4.78, 5) is 32.2. The molecule has 0 saturated heterocycles. The average Bonchev–Trinajstić information content (AvgIpc) is 3.76. The van der Waals surface area contributed by atoms with Crippen LogP contribution in [-0.4, -0.2) is 47.2 Å². The van der Waals surface area contributed by atoms with Crippen molar-refractivity contribution < 1.29 is 0 Å². The van der Waals surface area contributed by atoms with Crippen LogP contribution in [0.15, 0.2) is 70.4 Å². The number of imidazole rings is 1. The van der Waals surface area contributed by atoms with Crippen LogP contribution in [0, 0.1) is 0 Å². The highest BCUT2D eigenvalue weighted by atomic mass is 32.1. The smallest absolute Gasteiger partial charge is 0.269 e. The number of aromatic nitrogens is 6. The lowest BCUT2D eigenvalue weighted by Crippen LogP contribution is -2.39. The number of thiazole rings is 1. The van der Waals surface area contributed by atoms with E-state index in [-0.39, 0.29) is 5.56 Å². The monoisotopic (exact) mass is 553 g/mol. The predicted molar refractivity (Wildman–Crippen MR) is 154 cm³/mol. The van der Waals surface area contributed by atoms with E-state index in [1.165, 1.54) is 53.6 Å². The van der Waals surface area contributed by atoms with Crippen molar-refractivity contribution in [3.63, 3.8) is 0 Å². The minimum Gasteiger partial charge on any atom is -0.324 e. The maximum atomic E-state index is 14.0. The van der Waals surface area contributed by atoms with Crippen molar-refractivity contribution in [1.82, 2.24) is 45.1 Å². The third-order valence-corrected chi connectivity index (χ3v) is 8.04. The zero-order valence-electron chi connectivity index (χ0n) is 21.8. The van der Waals surface area contributed by atoms with Crippen molar-refractivity contribution >= 4 is 40.0 Å². The zero-order valence-corrected chi connectivity index (χ0v) is 22.6. The number of rotatable bonds is 5. The summed E-state index contributed by atoms with van der Waals surface area (Å²) in [5, 5.41) is 12.2. The Morgan fingerprint density at radius 3 is 2.65 bits per heavy atom. The average molecular weight is 554 g/mol. The van der Waals surface area contributed by atoms with Crippen molar-refractivity contribution in [1.29, 1.82) is 0 Å². The van der Waals surface area contributed by atoms with Crippen molar-refractivity contribution in [2.75, 3.05) is 12.4 Å². The van der Waals surface area contributed by atoms with Crippen molar-refractivity contribution in [2.24, 2.45) is 5.10 Å². The standard InChI is InChI=1S/C27H27N11OS/c1-36-34-26(33-35-36)37-13-11-28-23(37)21-15-19-16-30-25(32-22(19)38(24(21)39)27-29-12-14-40-27)31-20-9-7-18(8-10-20)17-5-3-2-4-6-17/h7-17,35H,2-6H2,1H3,(H,33,34)(H,30,31,32). The Hall–Kier alpha value is -4.62. The molecule has 0 atom stereocenters. The fourth-order valence-electron chi connectivity index (χ4n) is 5.33. The first kappa shape index (κ1) is 24.4. The van der Waals surface area contributed by atoms with Crippen molar-refractivity contribution in [3.8, 4) is 16.5 Å². The molecule has 0 amide bonds. The maximum absolute atomic E-state index is 14.0. The van der Waals surface area contributed by atoms with Crippen molar-refractivity contribution in [3.05, 3.63) is 76.4 Å². The van der Waals surface area contributed by atoms with Crippen molar-refractivity contribution in [2.45, 2.75) is 38.0 Å². The van der Waals surface area contributed by atoms with E-state index in [1.54, 1.807) is 47.6 Å². The van der Waals surface area contributed by atoms with E-state index in [0.29, 0.717) is 45.4 Å². The normalized spacial score (nSPS) is 16.1. The first-order valence-corrected chi connectivity index (χ1v) is 14.1. The lowest BCUT2D eigenvalue weighted by molar-refractivity contribution is 0.230. The van der Waals surface area contributed by atoms with Gasteiger partial charge in [-0.25, -0.2) is 25.1 Å². The molecule has 2 aliphatic rings. The first-order chi connectivity index (χ1) is 19.6. The third-order valence-electron chi connectivity index (χ3n) is 7.28. The van der Waals surface area contributed by atoms with E-state index in [4.69, 9.17) is 4.98 Å². The van der Waals surface area contributed by atoms with Crippen LogP contribution in [0.5, 0.6) is 0 Å². The molecule has 5 aromatic rings. The molecule has 7 rings (SSSR count). The SMILES string of the molecule is CN1NN=C(n2ccnc2-c2cc3cnc(Nc4ccc(C5CCCCC5)cc4)nc3n(-c3nccs3)c2=O)N1. The summed E-state index contributed by atoms with van der Waals surface area (Å²) in [5.74, 6) is 1.96. The zero-order chi connectivity index (χ0) is 27.1. The number of nitrogens with one attached hydrogen (secondary N) is 3. The van der Waals surface area contributed by atoms with Gasteiger partial charge in [0.1, 0.15) is 0 Å². The molecule has 0 radical (unpaired) electrons. The van der Waals surface area contributed by atoms with E-state index in [0.717, 1.165) is 5.69 Å². The number of nitrogens with zero attached hydrogens (tertiary/aromatic N) is 8. The van der Waals surface area contributed by atoms with Gasteiger partial charge in [-0.3, -0.25) is 14.8 Å². The van der Waals surface area contributed by atoms with Gasteiger partial charge in [0.15, 0.2) is 16.6 Å². The van der Waals surface area contributed by atoms with E-state index < -0.39 is 0 Å². The topological polar surface area (TPSA) is 130 Å². The largest absolute Gasteiger partial charge is 0.324 e. The number of hydrogen-bond donors (Lipinski definition) is 3. The minimum absolute atomic E-state index is 0.295. The number of hydrazine groups is 2. The van der Waals surface area contributed by atoms with E-state index in [2.05, 4.69) is 60.6 Å². The highest BCUT2D eigenvalue weighted by Gasteiger charge is 2.22. The Kier molecular flexibility index (Phi) is 6.21.